The molecular formula is C16H22FNO2S. The Bertz CT molecular complexity index is 547. The van der Waals surface area contributed by atoms with Crippen LogP contribution in [0.25, 0.3) is 0 Å². The lowest BCUT2D eigenvalue weighted by Crippen LogP contribution is -2.33. The summed E-state index contributed by atoms with van der Waals surface area (Å²) < 4.78 is 25.8. The standard InChI is InChI=1S/C16H22FNO2S/c1-3-21(20)13-7-4-6-12(10-13)18-15-9-5-8-14(17)16(15)11(2)19/h5,8-9,12-13,18H,3-4,6-7,10H2,1-2H3. The minimum absolute atomic E-state index is 0.122. The van der Waals surface area contributed by atoms with Crippen molar-refractivity contribution in [1.29, 1.82) is 0 Å². The molecule has 1 aromatic carbocycles. The average Bonchev–Trinajstić information content (AvgIpc) is 2.46. The number of nitrogens with one attached hydrogen (secondary N) is 1. The number of rotatable bonds is 5. The number of hydrogen-bond acceptors (Lipinski definition) is 3. The summed E-state index contributed by atoms with van der Waals surface area (Å²) in [5, 5.41) is 3.49. The summed E-state index contributed by atoms with van der Waals surface area (Å²) in [4.78, 5) is 11.6. The lowest BCUT2D eigenvalue weighted by Gasteiger charge is -2.30. The molecule has 1 fully saturated rings. The molecule has 1 N–H and O–H groups in total. The van der Waals surface area contributed by atoms with Gasteiger partial charge in [0.25, 0.3) is 0 Å². The predicted octanol–water partition coefficient (Wildman–Crippen LogP) is 3.52. The monoisotopic (exact) mass is 311 g/mol. The van der Waals surface area contributed by atoms with E-state index in [4.69, 9.17) is 0 Å². The maximum atomic E-state index is 13.8. The van der Waals surface area contributed by atoms with Crippen LogP contribution in [0.1, 0.15) is 49.9 Å². The van der Waals surface area contributed by atoms with Gasteiger partial charge >= 0.3 is 0 Å². The minimum Gasteiger partial charge on any atom is -0.382 e. The van der Waals surface area contributed by atoms with Crippen LogP contribution in [-0.2, 0) is 10.8 Å². The molecule has 0 heterocycles. The summed E-state index contributed by atoms with van der Waals surface area (Å²) in [7, 11) is -0.792. The summed E-state index contributed by atoms with van der Waals surface area (Å²) in [5.41, 5.74) is 0.673. The molecule has 0 radical (unpaired) electrons. The zero-order valence-corrected chi connectivity index (χ0v) is 13.3. The van der Waals surface area contributed by atoms with E-state index in [0.717, 1.165) is 25.7 Å². The molecular weight excluding hydrogens is 289 g/mol. The average molecular weight is 311 g/mol. The van der Waals surface area contributed by atoms with Crippen LogP contribution in [0.4, 0.5) is 10.1 Å². The zero-order valence-electron chi connectivity index (χ0n) is 12.5. The third-order valence-corrected chi connectivity index (χ3v) is 5.75. The van der Waals surface area contributed by atoms with Crippen LogP contribution in [0.5, 0.6) is 0 Å². The first-order valence-corrected chi connectivity index (χ1v) is 8.84. The van der Waals surface area contributed by atoms with Crippen LogP contribution >= 0.6 is 0 Å². The summed E-state index contributed by atoms with van der Waals surface area (Å²) in [6, 6.07) is 4.80. The topological polar surface area (TPSA) is 46.2 Å². The Hall–Kier alpha value is -1.23. The quantitative estimate of drug-likeness (QED) is 0.846. The number of anilines is 1. The third kappa shape index (κ3) is 3.90. The van der Waals surface area contributed by atoms with Crippen molar-refractivity contribution in [3.63, 3.8) is 0 Å². The molecule has 0 aliphatic heterocycles. The molecule has 1 aliphatic rings. The zero-order chi connectivity index (χ0) is 15.4. The maximum absolute atomic E-state index is 13.8. The SMILES string of the molecule is CCS(=O)C1CCCC(Nc2cccc(F)c2C(C)=O)C1. The van der Waals surface area contributed by atoms with Gasteiger partial charge in [0.15, 0.2) is 5.78 Å². The number of halogens is 1. The van der Waals surface area contributed by atoms with Crippen LogP contribution < -0.4 is 5.32 Å². The molecule has 1 aromatic rings. The molecule has 2 rings (SSSR count). The number of benzene rings is 1. The first kappa shape index (κ1) is 16.1. The van der Waals surface area contributed by atoms with Crippen molar-refractivity contribution in [2.45, 2.75) is 50.8 Å². The number of carbonyl (C=O) groups excluding carboxylic acids is 1. The summed E-state index contributed by atoms with van der Waals surface area (Å²) >= 11 is 0. The van der Waals surface area contributed by atoms with Crippen molar-refractivity contribution < 1.29 is 13.4 Å². The lowest BCUT2D eigenvalue weighted by atomic mass is 9.94. The van der Waals surface area contributed by atoms with Crippen LogP contribution in [-0.4, -0.2) is 27.0 Å². The fraction of sp³-hybridized carbons (Fsp3) is 0.562. The smallest absolute Gasteiger partial charge is 0.164 e. The van der Waals surface area contributed by atoms with Crippen molar-refractivity contribution in [3.05, 3.63) is 29.6 Å². The number of Topliss-reactive ketones (excluding diaryl/α,β-unsaturated/α-hetero) is 1. The summed E-state index contributed by atoms with van der Waals surface area (Å²) in [6.45, 7) is 3.31. The lowest BCUT2D eigenvalue weighted by molar-refractivity contribution is 0.101. The molecule has 21 heavy (non-hydrogen) atoms. The van der Waals surface area contributed by atoms with Gasteiger partial charge in [0.2, 0.25) is 0 Å². The highest BCUT2D eigenvalue weighted by Gasteiger charge is 2.26. The molecule has 0 spiro atoms. The van der Waals surface area contributed by atoms with Gasteiger partial charge in [0.1, 0.15) is 5.82 Å². The van der Waals surface area contributed by atoms with Gasteiger partial charge in [0.05, 0.1) is 5.56 Å². The third-order valence-electron chi connectivity index (χ3n) is 4.01. The fourth-order valence-electron chi connectivity index (χ4n) is 2.97. The number of carbonyl (C=O) groups is 1. The van der Waals surface area contributed by atoms with E-state index in [9.17, 15) is 13.4 Å². The number of hydrogen-bond donors (Lipinski definition) is 1. The first-order chi connectivity index (χ1) is 10.0. The van der Waals surface area contributed by atoms with E-state index in [2.05, 4.69) is 5.32 Å². The summed E-state index contributed by atoms with van der Waals surface area (Å²) in [6.07, 6.45) is 3.78. The van der Waals surface area contributed by atoms with Gasteiger partial charge in [0, 0.05) is 33.5 Å². The van der Waals surface area contributed by atoms with Crippen LogP contribution in [0.2, 0.25) is 0 Å². The minimum atomic E-state index is -0.792. The molecule has 116 valence electrons. The molecule has 0 aromatic heterocycles. The predicted molar refractivity (Wildman–Crippen MR) is 84.8 cm³/mol. The molecule has 1 saturated carbocycles. The molecule has 1 aliphatic carbocycles. The Morgan fingerprint density at radius 2 is 2.19 bits per heavy atom. The first-order valence-electron chi connectivity index (χ1n) is 7.46. The second-order valence-corrected chi connectivity index (χ2v) is 7.52. The molecule has 0 amide bonds. The van der Waals surface area contributed by atoms with Gasteiger partial charge in [-0.3, -0.25) is 9.00 Å². The maximum Gasteiger partial charge on any atom is 0.164 e. The van der Waals surface area contributed by atoms with Crippen molar-refractivity contribution in [3.8, 4) is 0 Å². The largest absolute Gasteiger partial charge is 0.382 e. The summed E-state index contributed by atoms with van der Waals surface area (Å²) in [5.74, 6) is -0.0900. The fourth-order valence-corrected chi connectivity index (χ4v) is 4.32. The normalized spacial score (nSPS) is 23.6. The van der Waals surface area contributed by atoms with E-state index in [1.54, 1.807) is 12.1 Å². The molecule has 0 saturated heterocycles. The van der Waals surface area contributed by atoms with Gasteiger partial charge < -0.3 is 5.32 Å². The van der Waals surface area contributed by atoms with E-state index in [1.807, 2.05) is 6.92 Å². The van der Waals surface area contributed by atoms with Gasteiger partial charge in [-0.25, -0.2) is 4.39 Å². The van der Waals surface area contributed by atoms with Crippen LogP contribution in [0, 0.1) is 5.82 Å². The van der Waals surface area contributed by atoms with Gasteiger partial charge in [-0.2, -0.15) is 0 Å². The van der Waals surface area contributed by atoms with Crippen LogP contribution in [0.3, 0.4) is 0 Å². The Morgan fingerprint density at radius 1 is 1.43 bits per heavy atom. The van der Waals surface area contributed by atoms with Crippen molar-refractivity contribution in [2.24, 2.45) is 0 Å². The Balaban J connectivity index is 2.13. The second-order valence-electron chi connectivity index (χ2n) is 5.52. The highest BCUT2D eigenvalue weighted by Crippen LogP contribution is 2.28. The van der Waals surface area contributed by atoms with Crippen molar-refractivity contribution >= 4 is 22.3 Å². The molecule has 3 atom stereocenters. The van der Waals surface area contributed by atoms with Gasteiger partial charge in [-0.15, -0.1) is 0 Å². The molecule has 3 nitrogen and oxygen atoms in total. The van der Waals surface area contributed by atoms with E-state index in [1.165, 1.54) is 13.0 Å². The molecule has 3 unspecified atom stereocenters. The number of ketones is 1. The van der Waals surface area contributed by atoms with Crippen LogP contribution in [0.15, 0.2) is 18.2 Å². The van der Waals surface area contributed by atoms with Crippen molar-refractivity contribution in [2.75, 3.05) is 11.1 Å². The van der Waals surface area contributed by atoms with E-state index < -0.39 is 16.6 Å². The van der Waals surface area contributed by atoms with Gasteiger partial charge in [-0.1, -0.05) is 19.4 Å². The van der Waals surface area contributed by atoms with Gasteiger partial charge in [-0.05, 0) is 38.3 Å². The van der Waals surface area contributed by atoms with E-state index >= 15 is 0 Å². The molecule has 5 heteroatoms. The Morgan fingerprint density at radius 3 is 2.86 bits per heavy atom. The van der Waals surface area contributed by atoms with E-state index in [-0.39, 0.29) is 22.6 Å². The molecule has 0 bridgehead atoms. The van der Waals surface area contributed by atoms with E-state index in [0.29, 0.717) is 11.4 Å². The Kier molecular flexibility index (Phi) is 5.51. The van der Waals surface area contributed by atoms with Crippen molar-refractivity contribution in [1.82, 2.24) is 0 Å². The Labute approximate surface area is 127 Å². The highest BCUT2D eigenvalue weighted by atomic mass is 32.2. The highest BCUT2D eigenvalue weighted by molar-refractivity contribution is 7.85. The second kappa shape index (κ2) is 7.16.